The highest BCUT2D eigenvalue weighted by atomic mass is 35.5. The number of pyridine rings is 2. The van der Waals surface area contributed by atoms with Gasteiger partial charge in [0.05, 0.1) is 52.3 Å². The summed E-state index contributed by atoms with van der Waals surface area (Å²) in [5.74, 6) is 1.71. The zero-order valence-electron chi connectivity index (χ0n) is 31.1. The lowest BCUT2D eigenvalue weighted by Crippen LogP contribution is -2.49. The lowest BCUT2D eigenvalue weighted by molar-refractivity contribution is -0.120. The van der Waals surface area contributed by atoms with Crippen molar-refractivity contribution < 1.29 is 9.59 Å². The molecule has 0 unspecified atom stereocenters. The Kier molecular flexibility index (Phi) is 10.6. The molecule has 2 N–H and O–H groups in total. The van der Waals surface area contributed by atoms with E-state index < -0.39 is 12.1 Å². The smallest absolute Gasteiger partial charge is 0.328 e. The number of urea groups is 1. The third-order valence-electron chi connectivity index (χ3n) is 11.4. The predicted octanol–water partition coefficient (Wildman–Crippen LogP) is 6.24. The van der Waals surface area contributed by atoms with Crippen molar-refractivity contribution in [2.75, 3.05) is 36.4 Å². The van der Waals surface area contributed by atoms with Crippen molar-refractivity contribution in [2.45, 2.75) is 76.2 Å². The van der Waals surface area contributed by atoms with E-state index in [0.29, 0.717) is 63.4 Å². The first kappa shape index (κ1) is 37.0. The van der Waals surface area contributed by atoms with E-state index in [4.69, 9.17) is 11.6 Å². The molecule has 286 valence electrons. The van der Waals surface area contributed by atoms with Gasteiger partial charge >= 0.3 is 6.03 Å². The number of piperidine rings is 1. The van der Waals surface area contributed by atoms with Crippen LogP contribution in [0.25, 0.3) is 22.5 Å². The van der Waals surface area contributed by atoms with E-state index in [1.54, 1.807) is 34.7 Å². The van der Waals surface area contributed by atoms with Gasteiger partial charge in [-0.1, -0.05) is 22.9 Å². The van der Waals surface area contributed by atoms with Crippen molar-refractivity contribution in [1.29, 1.82) is 10.5 Å². The highest BCUT2D eigenvalue weighted by molar-refractivity contribution is 6.34. The van der Waals surface area contributed by atoms with Gasteiger partial charge in [0.15, 0.2) is 11.5 Å². The van der Waals surface area contributed by atoms with Gasteiger partial charge in [-0.25, -0.2) is 19.4 Å². The largest absolute Gasteiger partial charge is 0.368 e. The number of carbonyl (C=O) groups excluding carboxylic acids is 2. The lowest BCUT2D eigenvalue weighted by Gasteiger charge is -2.34. The normalized spacial score (nSPS) is 20.0. The molecule has 0 spiro atoms. The maximum atomic E-state index is 12.3. The molecule has 8 rings (SSSR count). The van der Waals surface area contributed by atoms with E-state index >= 15 is 0 Å². The number of anilines is 2. The second kappa shape index (κ2) is 16.1. The van der Waals surface area contributed by atoms with E-state index in [1.807, 2.05) is 24.4 Å². The van der Waals surface area contributed by atoms with Crippen LogP contribution in [0, 0.1) is 28.6 Å². The lowest BCUT2D eigenvalue weighted by atomic mass is 9.79. The Hall–Kier alpha value is -5.90. The first-order valence-corrected chi connectivity index (χ1v) is 19.6. The second-order valence-corrected chi connectivity index (χ2v) is 15.4. The molecule has 1 aromatic carbocycles. The van der Waals surface area contributed by atoms with Gasteiger partial charge in [-0.15, -0.1) is 5.10 Å². The van der Waals surface area contributed by atoms with Crippen LogP contribution >= 0.6 is 11.6 Å². The molecule has 3 aliphatic rings. The number of fused-ring (bicyclic) bond motifs is 1. The van der Waals surface area contributed by atoms with Crippen molar-refractivity contribution >= 4 is 45.9 Å². The molecular weight excluding hydrogens is 730 g/mol. The van der Waals surface area contributed by atoms with E-state index in [9.17, 15) is 20.1 Å². The Labute approximate surface area is 329 Å². The minimum Gasteiger partial charge on any atom is -0.368 e. The van der Waals surface area contributed by atoms with Gasteiger partial charge in [0.25, 0.3) is 0 Å². The highest BCUT2D eigenvalue weighted by Crippen LogP contribution is 2.38. The Morgan fingerprint density at radius 1 is 0.964 bits per heavy atom. The number of halogens is 1. The van der Waals surface area contributed by atoms with Crippen LogP contribution in [-0.4, -0.2) is 83.8 Å². The quantitative estimate of drug-likeness (QED) is 0.164. The molecule has 3 amide bonds. The molecule has 56 heavy (non-hydrogen) atoms. The zero-order chi connectivity index (χ0) is 38.8. The van der Waals surface area contributed by atoms with Crippen LogP contribution in [0.3, 0.4) is 0 Å². The summed E-state index contributed by atoms with van der Waals surface area (Å²) in [6.07, 6.45) is 14.9. The van der Waals surface area contributed by atoms with Crippen LogP contribution in [0.4, 0.5) is 16.2 Å². The Balaban J connectivity index is 0.841. The molecule has 0 radical (unpaired) electrons. The molecule has 3 fully saturated rings. The van der Waals surface area contributed by atoms with Crippen LogP contribution in [0.15, 0.2) is 55.1 Å². The number of nitrogens with one attached hydrogen (secondary N) is 2. The molecule has 5 aromatic rings. The second-order valence-electron chi connectivity index (χ2n) is 15.0. The molecule has 0 bridgehead atoms. The summed E-state index contributed by atoms with van der Waals surface area (Å²) in [7, 11) is 0. The minimum absolute atomic E-state index is 0.257. The standard InChI is InChI=1S/C40H42ClN13O2/c1-25(19-42)47-33-18-37(54-39-31(22-46-54)16-27(20-43)21-45-39)44-23-36(33)53-24-34(49-50-53)29-4-2-26(3-5-29)8-12-51-13-9-28(10-14-51)30-6-7-35(32(41)17-30)52-15-11-38(55)48-40(52)56/h6-7,16-18,21-26,28-29H,2-5,8-15H2,1H3,(H,44,47)(H,48,55,56)/t25-,26?,29?/m1/s1. The van der Waals surface area contributed by atoms with Crippen molar-refractivity contribution in [1.82, 2.24) is 45.0 Å². The number of imide groups is 1. The fraction of sp³-hybridized carbons (Fsp3) is 0.425. The van der Waals surface area contributed by atoms with Gasteiger partial charge in [0.2, 0.25) is 5.91 Å². The van der Waals surface area contributed by atoms with Crippen molar-refractivity contribution in [3.05, 3.63) is 77.0 Å². The van der Waals surface area contributed by atoms with E-state index in [0.717, 1.165) is 69.2 Å². The maximum Gasteiger partial charge on any atom is 0.328 e. The fourth-order valence-corrected chi connectivity index (χ4v) is 8.53. The Morgan fingerprint density at radius 2 is 1.79 bits per heavy atom. The summed E-state index contributed by atoms with van der Waals surface area (Å²) in [6.45, 7) is 5.33. The monoisotopic (exact) mass is 771 g/mol. The number of hydrogen-bond acceptors (Lipinski definition) is 11. The summed E-state index contributed by atoms with van der Waals surface area (Å²) >= 11 is 6.65. The molecular formula is C40H42ClN13O2. The molecule has 1 saturated carbocycles. The summed E-state index contributed by atoms with van der Waals surface area (Å²) in [5.41, 5.74) is 5.18. The number of amides is 3. The number of rotatable bonds is 10. The number of nitrogens with zero attached hydrogens (tertiary/aromatic N) is 11. The zero-order valence-corrected chi connectivity index (χ0v) is 31.9. The summed E-state index contributed by atoms with van der Waals surface area (Å²) in [4.78, 5) is 37.1. The number of likely N-dealkylation sites (tertiary alicyclic amines) is 1. The molecule has 6 heterocycles. The van der Waals surface area contributed by atoms with Crippen molar-refractivity contribution in [3.8, 4) is 23.6 Å². The fourth-order valence-electron chi connectivity index (χ4n) is 8.24. The van der Waals surface area contributed by atoms with Gasteiger partial charge < -0.3 is 10.2 Å². The molecule has 15 nitrogen and oxygen atoms in total. The molecule has 1 aliphatic carbocycles. The van der Waals surface area contributed by atoms with Gasteiger partial charge in [-0.2, -0.15) is 20.3 Å². The number of carbonyl (C=O) groups is 2. The third-order valence-corrected chi connectivity index (χ3v) is 11.7. The molecule has 4 aromatic heterocycles. The van der Waals surface area contributed by atoms with Crippen molar-refractivity contribution in [2.24, 2.45) is 5.92 Å². The number of nitriles is 2. The van der Waals surface area contributed by atoms with Gasteiger partial charge in [0.1, 0.15) is 17.8 Å². The number of benzene rings is 1. The molecule has 2 saturated heterocycles. The minimum atomic E-state index is -0.470. The topological polar surface area (TPSA) is 187 Å². The van der Waals surface area contributed by atoms with Gasteiger partial charge in [-0.05, 0) is 107 Å². The summed E-state index contributed by atoms with van der Waals surface area (Å²) in [6, 6.07) is 13.0. The Morgan fingerprint density at radius 3 is 2.54 bits per heavy atom. The number of hydrogen-bond donors (Lipinski definition) is 2. The third kappa shape index (κ3) is 7.78. The Bertz CT molecular complexity index is 2340. The summed E-state index contributed by atoms with van der Waals surface area (Å²) in [5, 5.41) is 39.3. The van der Waals surface area contributed by atoms with Gasteiger partial charge in [0, 0.05) is 36.5 Å². The number of aromatic nitrogens is 7. The molecule has 16 heteroatoms. The van der Waals surface area contributed by atoms with E-state index in [1.165, 1.54) is 23.1 Å². The predicted molar refractivity (Wildman–Crippen MR) is 210 cm³/mol. The van der Waals surface area contributed by atoms with E-state index in [2.05, 4.69) is 59.1 Å². The molecule has 1 atom stereocenters. The molecule has 2 aliphatic heterocycles. The maximum absolute atomic E-state index is 12.3. The highest BCUT2D eigenvalue weighted by Gasteiger charge is 2.29. The average Bonchev–Trinajstić information content (AvgIpc) is 3.89. The van der Waals surface area contributed by atoms with Crippen LogP contribution in [-0.2, 0) is 4.79 Å². The van der Waals surface area contributed by atoms with Crippen molar-refractivity contribution in [3.63, 3.8) is 0 Å². The summed E-state index contributed by atoms with van der Waals surface area (Å²) < 4.78 is 3.34. The van der Waals surface area contributed by atoms with Crippen LogP contribution in [0.5, 0.6) is 0 Å². The van der Waals surface area contributed by atoms with Crippen LogP contribution < -0.4 is 15.5 Å². The first-order valence-electron chi connectivity index (χ1n) is 19.2. The average molecular weight is 772 g/mol. The first-order chi connectivity index (χ1) is 27.3. The van der Waals surface area contributed by atoms with E-state index in [-0.39, 0.29) is 12.3 Å². The van der Waals surface area contributed by atoms with Crippen LogP contribution in [0.2, 0.25) is 5.02 Å². The SMILES string of the molecule is C[C@H](C#N)Nc1cc(-n2ncc3cc(C#N)cnc32)ncc1-n1cc(C2CCC(CCN3CCC(c4ccc(N5CCC(=O)NC5=O)c(Cl)c4)CC3)CC2)nn1. The van der Waals surface area contributed by atoms with Gasteiger partial charge in [-0.3, -0.25) is 15.0 Å². The van der Waals surface area contributed by atoms with Crippen LogP contribution in [0.1, 0.15) is 86.9 Å².